The number of carboxylic acid groups (broad SMARTS) is 1. The van der Waals surface area contributed by atoms with Gasteiger partial charge in [0.2, 0.25) is 0 Å². The van der Waals surface area contributed by atoms with Gasteiger partial charge in [-0.15, -0.1) is 10.2 Å². The number of hydrogen-bond donors (Lipinski definition) is 1. The van der Waals surface area contributed by atoms with Crippen LogP contribution in [-0.4, -0.2) is 60.0 Å². The largest absolute Gasteiger partial charge is 0.485 e. The van der Waals surface area contributed by atoms with Gasteiger partial charge in [0.05, 0.1) is 31.5 Å². The van der Waals surface area contributed by atoms with Gasteiger partial charge in [0.15, 0.2) is 17.6 Å². The third kappa shape index (κ3) is 6.15. The second-order valence-corrected chi connectivity index (χ2v) is 11.3. The summed E-state index contributed by atoms with van der Waals surface area (Å²) >= 11 is 6.06. The fourth-order valence-corrected chi connectivity index (χ4v) is 6.02. The molecule has 2 aromatic heterocycles. The monoisotopic (exact) mass is 590 g/mol. The van der Waals surface area contributed by atoms with Gasteiger partial charge in [0.25, 0.3) is 0 Å². The van der Waals surface area contributed by atoms with Crippen molar-refractivity contribution in [3.8, 4) is 11.5 Å². The molecule has 11 heteroatoms. The molecule has 0 saturated carbocycles. The topological polar surface area (TPSA) is 108 Å². The van der Waals surface area contributed by atoms with E-state index in [1.807, 2.05) is 42.9 Å². The molecule has 0 aliphatic carbocycles. The van der Waals surface area contributed by atoms with Crippen LogP contribution in [0.3, 0.4) is 0 Å². The number of imidazole rings is 1. The van der Waals surface area contributed by atoms with E-state index in [1.165, 1.54) is 5.56 Å². The van der Waals surface area contributed by atoms with E-state index < -0.39 is 5.97 Å². The SMILES string of the molecule is CCn1cncc1Cn1c(CCC(=O)O)nnc1CN1CCC(c2cccc3c2OC[C@@H](c2ccc(Cl)cc2)O3)CC1. The molecule has 4 aromatic rings. The molecule has 10 nitrogen and oxygen atoms in total. The van der Waals surface area contributed by atoms with Gasteiger partial charge in [0.1, 0.15) is 18.3 Å². The van der Waals surface area contributed by atoms with Crippen LogP contribution >= 0.6 is 11.6 Å². The van der Waals surface area contributed by atoms with Gasteiger partial charge < -0.3 is 23.7 Å². The van der Waals surface area contributed by atoms with E-state index in [1.54, 1.807) is 0 Å². The second kappa shape index (κ2) is 12.5. The van der Waals surface area contributed by atoms with Crippen molar-refractivity contribution in [3.05, 3.63) is 88.5 Å². The van der Waals surface area contributed by atoms with Crippen LogP contribution in [0.1, 0.15) is 66.7 Å². The van der Waals surface area contributed by atoms with Gasteiger partial charge in [0, 0.05) is 29.7 Å². The highest BCUT2D eigenvalue weighted by Gasteiger charge is 2.30. The molecule has 6 rings (SSSR count). The molecule has 1 atom stereocenters. The van der Waals surface area contributed by atoms with Crippen molar-refractivity contribution in [3.63, 3.8) is 0 Å². The van der Waals surface area contributed by atoms with E-state index in [9.17, 15) is 9.90 Å². The summed E-state index contributed by atoms with van der Waals surface area (Å²) in [5.41, 5.74) is 3.29. The lowest BCUT2D eigenvalue weighted by atomic mass is 9.88. The van der Waals surface area contributed by atoms with Crippen molar-refractivity contribution in [2.24, 2.45) is 0 Å². The molecule has 2 aliphatic rings. The standard InChI is InChI=1S/C31H35ClN6O4/c1-2-37-20-33-16-24(37)17-38-28(10-11-30(39)40)34-35-29(38)18-36-14-12-21(13-15-36)25-4-3-5-26-31(25)41-19-27(42-26)22-6-8-23(32)9-7-22/h3-9,16,20-21,27H,2,10-15,17-19H2,1H3,(H,39,40)/t27-/m0/s1. The lowest BCUT2D eigenvalue weighted by Gasteiger charge is -2.34. The highest BCUT2D eigenvalue weighted by molar-refractivity contribution is 6.30. The average Bonchev–Trinajstić information content (AvgIpc) is 3.62. The van der Waals surface area contributed by atoms with Crippen LogP contribution in [0.4, 0.5) is 0 Å². The first kappa shape index (κ1) is 28.2. The highest BCUT2D eigenvalue weighted by atomic mass is 35.5. The van der Waals surface area contributed by atoms with Gasteiger partial charge in [-0.25, -0.2) is 4.98 Å². The average molecular weight is 591 g/mol. The molecule has 1 fully saturated rings. The van der Waals surface area contributed by atoms with Crippen molar-refractivity contribution in [2.45, 2.75) is 64.3 Å². The van der Waals surface area contributed by atoms with Crippen molar-refractivity contribution in [1.82, 2.24) is 29.2 Å². The van der Waals surface area contributed by atoms with Gasteiger partial charge in [-0.3, -0.25) is 9.69 Å². The summed E-state index contributed by atoms with van der Waals surface area (Å²) in [6, 6.07) is 13.9. The third-order valence-corrected chi connectivity index (χ3v) is 8.47. The zero-order chi connectivity index (χ0) is 29.1. The minimum Gasteiger partial charge on any atom is -0.485 e. The lowest BCUT2D eigenvalue weighted by molar-refractivity contribution is -0.137. The molecular weight excluding hydrogens is 556 g/mol. The van der Waals surface area contributed by atoms with Crippen LogP contribution in [-0.2, 0) is 30.8 Å². The Labute approximate surface area is 249 Å². The number of piperidine rings is 1. The Morgan fingerprint density at radius 2 is 1.86 bits per heavy atom. The van der Waals surface area contributed by atoms with Crippen molar-refractivity contribution in [1.29, 1.82) is 0 Å². The fourth-order valence-electron chi connectivity index (χ4n) is 5.89. The van der Waals surface area contributed by atoms with E-state index in [2.05, 4.69) is 48.3 Å². The van der Waals surface area contributed by atoms with E-state index in [4.69, 9.17) is 21.1 Å². The predicted molar refractivity (Wildman–Crippen MR) is 157 cm³/mol. The molecule has 0 bridgehead atoms. The van der Waals surface area contributed by atoms with E-state index >= 15 is 0 Å². The number of halogens is 1. The number of aromatic nitrogens is 5. The number of nitrogens with zero attached hydrogens (tertiary/aromatic N) is 6. The Kier molecular flexibility index (Phi) is 8.43. The normalized spacial score (nSPS) is 17.4. The zero-order valence-electron chi connectivity index (χ0n) is 23.7. The number of hydrogen-bond acceptors (Lipinski definition) is 7. The van der Waals surface area contributed by atoms with Crippen LogP contribution < -0.4 is 9.47 Å². The van der Waals surface area contributed by atoms with E-state index in [0.29, 0.717) is 42.9 Å². The number of aliphatic carboxylic acids is 1. The minimum atomic E-state index is -0.843. The zero-order valence-corrected chi connectivity index (χ0v) is 24.4. The smallest absolute Gasteiger partial charge is 0.303 e. The molecule has 220 valence electrons. The Morgan fingerprint density at radius 3 is 2.62 bits per heavy atom. The Balaban J connectivity index is 1.12. The Bertz CT molecular complexity index is 1530. The fraction of sp³-hybridized carbons (Fsp3) is 0.419. The van der Waals surface area contributed by atoms with Crippen molar-refractivity contribution < 1.29 is 19.4 Å². The summed E-state index contributed by atoms with van der Waals surface area (Å²) < 4.78 is 16.8. The molecule has 2 aliphatic heterocycles. The maximum Gasteiger partial charge on any atom is 0.303 e. The number of carboxylic acids is 1. The summed E-state index contributed by atoms with van der Waals surface area (Å²) in [4.78, 5) is 17.9. The summed E-state index contributed by atoms with van der Waals surface area (Å²) in [5, 5.41) is 18.8. The number of ether oxygens (including phenoxy) is 2. The molecule has 0 spiro atoms. The van der Waals surface area contributed by atoms with Crippen LogP contribution in [0, 0.1) is 0 Å². The molecule has 1 saturated heterocycles. The first-order valence-electron chi connectivity index (χ1n) is 14.5. The van der Waals surface area contributed by atoms with Gasteiger partial charge in [-0.05, 0) is 62.5 Å². The first-order valence-corrected chi connectivity index (χ1v) is 14.9. The summed E-state index contributed by atoms with van der Waals surface area (Å²) in [7, 11) is 0. The van der Waals surface area contributed by atoms with Crippen LogP contribution in [0.2, 0.25) is 5.02 Å². The lowest BCUT2D eigenvalue weighted by Crippen LogP contribution is -2.34. The van der Waals surface area contributed by atoms with Crippen molar-refractivity contribution >= 4 is 17.6 Å². The summed E-state index contributed by atoms with van der Waals surface area (Å²) in [6.45, 7) is 6.38. The first-order chi connectivity index (χ1) is 20.5. The summed E-state index contributed by atoms with van der Waals surface area (Å²) in [5.74, 6) is 2.71. The Morgan fingerprint density at radius 1 is 1.07 bits per heavy atom. The minimum absolute atomic E-state index is 0.0181. The molecule has 0 unspecified atom stereocenters. The number of carbonyl (C=O) groups is 1. The highest BCUT2D eigenvalue weighted by Crippen LogP contribution is 2.44. The maximum atomic E-state index is 11.3. The quantitative estimate of drug-likeness (QED) is 0.272. The van der Waals surface area contributed by atoms with Gasteiger partial charge in [-0.1, -0.05) is 35.9 Å². The van der Waals surface area contributed by atoms with Crippen LogP contribution in [0.5, 0.6) is 11.5 Å². The number of para-hydroxylation sites is 1. The third-order valence-electron chi connectivity index (χ3n) is 8.22. The van der Waals surface area contributed by atoms with E-state index in [0.717, 1.165) is 61.1 Å². The number of aryl methyl sites for hydroxylation is 2. The number of benzene rings is 2. The predicted octanol–water partition coefficient (Wildman–Crippen LogP) is 5.11. The number of fused-ring (bicyclic) bond motifs is 1. The summed E-state index contributed by atoms with van der Waals surface area (Å²) in [6.07, 6.45) is 5.83. The van der Waals surface area contributed by atoms with Crippen molar-refractivity contribution in [2.75, 3.05) is 19.7 Å². The van der Waals surface area contributed by atoms with Gasteiger partial charge >= 0.3 is 5.97 Å². The second-order valence-electron chi connectivity index (χ2n) is 10.9. The maximum absolute atomic E-state index is 11.3. The molecule has 4 heterocycles. The Hall–Kier alpha value is -3.89. The molecular formula is C31H35ClN6O4. The number of likely N-dealkylation sites (tertiary alicyclic amines) is 1. The van der Waals surface area contributed by atoms with Crippen LogP contribution in [0.25, 0.3) is 0 Å². The molecule has 2 aromatic carbocycles. The van der Waals surface area contributed by atoms with E-state index in [-0.39, 0.29) is 12.5 Å². The van der Waals surface area contributed by atoms with Gasteiger partial charge in [-0.2, -0.15) is 0 Å². The molecule has 1 N–H and O–H groups in total. The molecule has 42 heavy (non-hydrogen) atoms. The van der Waals surface area contributed by atoms with Crippen LogP contribution in [0.15, 0.2) is 55.0 Å². The molecule has 0 radical (unpaired) electrons. The molecule has 0 amide bonds. The number of rotatable bonds is 10.